The molecule has 1 N–H and O–H groups in total. The van der Waals surface area contributed by atoms with Crippen LogP contribution >= 0.6 is 11.3 Å². The Hall–Kier alpha value is -2.73. The monoisotopic (exact) mass is 364 g/mol. The van der Waals surface area contributed by atoms with Gasteiger partial charge in [0.2, 0.25) is 0 Å². The molecule has 0 aliphatic rings. The number of thiophene rings is 1. The lowest BCUT2D eigenvalue weighted by Gasteiger charge is -2.06. The lowest BCUT2D eigenvalue weighted by molar-refractivity contribution is 0.103. The van der Waals surface area contributed by atoms with Gasteiger partial charge in [-0.25, -0.2) is 9.67 Å². The third-order valence-electron chi connectivity index (χ3n) is 4.19. The molecule has 3 aromatic heterocycles. The summed E-state index contributed by atoms with van der Waals surface area (Å²) in [6.45, 7) is 7.09. The number of anilines is 1. The first-order valence-corrected chi connectivity index (χ1v) is 9.52. The van der Waals surface area contributed by atoms with E-state index in [1.165, 1.54) is 16.9 Å². The molecular weight excluding hydrogens is 344 g/mol. The minimum Gasteiger partial charge on any atom is -0.304 e. The molecule has 0 fully saturated rings. The highest BCUT2D eigenvalue weighted by Gasteiger charge is 2.17. The van der Waals surface area contributed by atoms with E-state index >= 15 is 0 Å². The summed E-state index contributed by atoms with van der Waals surface area (Å²) in [7, 11) is 0. The molecule has 1 aromatic carbocycles. The molecule has 1 amide bonds. The second kappa shape index (κ2) is 6.53. The van der Waals surface area contributed by atoms with Gasteiger partial charge in [0.05, 0.1) is 15.8 Å². The molecule has 0 saturated heterocycles. The average molecular weight is 364 g/mol. The van der Waals surface area contributed by atoms with Crippen LogP contribution in [0.4, 0.5) is 5.82 Å². The van der Waals surface area contributed by atoms with Gasteiger partial charge in [-0.15, -0.1) is 11.3 Å². The Morgan fingerprint density at radius 1 is 1.27 bits per heavy atom. The molecule has 3 heterocycles. The molecular formula is C20H20N4OS. The van der Waals surface area contributed by atoms with Crippen molar-refractivity contribution in [1.29, 1.82) is 0 Å². The quantitative estimate of drug-likeness (QED) is 0.562. The standard InChI is InChI=1S/C20H20N4OS/c1-12(2)11-24-19-15(10-14-9-13(3)6-7-16(14)21-19)18(23-24)22-20(25)17-5-4-8-26-17/h4-10,12H,11H2,1-3H3,(H,22,23,25). The van der Waals surface area contributed by atoms with Gasteiger partial charge in [0.1, 0.15) is 0 Å². The van der Waals surface area contributed by atoms with Crippen molar-refractivity contribution in [3.8, 4) is 0 Å². The van der Waals surface area contributed by atoms with E-state index in [0.717, 1.165) is 28.5 Å². The fourth-order valence-electron chi connectivity index (χ4n) is 3.02. The molecule has 132 valence electrons. The maximum Gasteiger partial charge on any atom is 0.266 e. The van der Waals surface area contributed by atoms with E-state index in [2.05, 4.69) is 49.4 Å². The van der Waals surface area contributed by atoms with E-state index in [9.17, 15) is 4.79 Å². The van der Waals surface area contributed by atoms with E-state index < -0.39 is 0 Å². The third-order valence-corrected chi connectivity index (χ3v) is 5.05. The number of hydrogen-bond donors (Lipinski definition) is 1. The Morgan fingerprint density at radius 3 is 2.85 bits per heavy atom. The number of aromatic nitrogens is 3. The molecule has 6 heteroatoms. The topological polar surface area (TPSA) is 59.8 Å². The number of amides is 1. The van der Waals surface area contributed by atoms with Crippen molar-refractivity contribution < 1.29 is 4.79 Å². The highest BCUT2D eigenvalue weighted by molar-refractivity contribution is 7.12. The Labute approximate surface area is 155 Å². The molecule has 5 nitrogen and oxygen atoms in total. The zero-order valence-electron chi connectivity index (χ0n) is 15.0. The molecule has 0 saturated carbocycles. The van der Waals surface area contributed by atoms with Crippen molar-refractivity contribution in [1.82, 2.24) is 14.8 Å². The van der Waals surface area contributed by atoms with Crippen LogP contribution in [0, 0.1) is 12.8 Å². The van der Waals surface area contributed by atoms with Crippen molar-refractivity contribution >= 4 is 45.0 Å². The molecule has 0 aliphatic carbocycles. The summed E-state index contributed by atoms with van der Waals surface area (Å²) in [5, 5.41) is 11.4. The summed E-state index contributed by atoms with van der Waals surface area (Å²) in [4.78, 5) is 18.0. The second-order valence-electron chi connectivity index (χ2n) is 6.91. The summed E-state index contributed by atoms with van der Waals surface area (Å²) in [6, 6.07) is 11.9. The highest BCUT2D eigenvalue weighted by Crippen LogP contribution is 2.27. The molecule has 26 heavy (non-hydrogen) atoms. The zero-order valence-corrected chi connectivity index (χ0v) is 15.8. The number of nitrogens with zero attached hydrogens (tertiary/aromatic N) is 3. The molecule has 0 spiro atoms. The molecule has 0 radical (unpaired) electrons. The lowest BCUT2D eigenvalue weighted by Crippen LogP contribution is -2.12. The van der Waals surface area contributed by atoms with Crippen LogP contribution in [0.25, 0.3) is 21.9 Å². The average Bonchev–Trinajstić information content (AvgIpc) is 3.22. The van der Waals surface area contributed by atoms with E-state index in [0.29, 0.717) is 16.6 Å². The van der Waals surface area contributed by atoms with Gasteiger partial charge < -0.3 is 5.32 Å². The second-order valence-corrected chi connectivity index (χ2v) is 7.86. The first-order valence-electron chi connectivity index (χ1n) is 8.64. The van der Waals surface area contributed by atoms with Gasteiger partial charge in [-0.05, 0) is 42.5 Å². The van der Waals surface area contributed by atoms with Crippen LogP contribution in [-0.4, -0.2) is 20.7 Å². The summed E-state index contributed by atoms with van der Waals surface area (Å²) in [5.41, 5.74) is 2.91. The number of pyridine rings is 1. The SMILES string of the molecule is Cc1ccc2nc3c(cc2c1)c(NC(=O)c1cccs1)nn3CC(C)C. The van der Waals surface area contributed by atoms with Crippen molar-refractivity contribution in [2.45, 2.75) is 27.3 Å². The molecule has 0 bridgehead atoms. The van der Waals surface area contributed by atoms with Crippen LogP contribution in [0.1, 0.15) is 29.1 Å². The van der Waals surface area contributed by atoms with E-state index in [1.807, 2.05) is 28.3 Å². The normalized spacial score (nSPS) is 11.5. The van der Waals surface area contributed by atoms with Crippen molar-refractivity contribution in [3.63, 3.8) is 0 Å². The van der Waals surface area contributed by atoms with Gasteiger partial charge in [-0.2, -0.15) is 5.10 Å². The molecule has 4 aromatic rings. The smallest absolute Gasteiger partial charge is 0.266 e. The molecule has 0 unspecified atom stereocenters. The maximum absolute atomic E-state index is 12.5. The number of nitrogens with one attached hydrogen (secondary N) is 1. The van der Waals surface area contributed by atoms with E-state index in [1.54, 1.807) is 0 Å². The summed E-state index contributed by atoms with van der Waals surface area (Å²) < 4.78 is 1.89. The first-order chi connectivity index (χ1) is 12.5. The fraction of sp³-hybridized carbons (Fsp3) is 0.250. The predicted octanol–water partition coefficient (Wildman–Crippen LogP) is 4.86. The van der Waals surface area contributed by atoms with Gasteiger partial charge in [-0.3, -0.25) is 4.79 Å². The molecule has 0 aliphatic heterocycles. The summed E-state index contributed by atoms with van der Waals surface area (Å²) >= 11 is 1.42. The van der Waals surface area contributed by atoms with Gasteiger partial charge in [-0.1, -0.05) is 31.5 Å². The fourth-order valence-corrected chi connectivity index (χ4v) is 3.64. The van der Waals surface area contributed by atoms with Gasteiger partial charge >= 0.3 is 0 Å². The number of rotatable bonds is 4. The first kappa shape index (κ1) is 16.7. The summed E-state index contributed by atoms with van der Waals surface area (Å²) in [5.74, 6) is 0.852. The third kappa shape index (κ3) is 3.08. The number of aryl methyl sites for hydroxylation is 1. The van der Waals surface area contributed by atoms with Crippen molar-refractivity contribution in [2.75, 3.05) is 5.32 Å². The van der Waals surface area contributed by atoms with Gasteiger partial charge in [0.15, 0.2) is 11.5 Å². The number of benzene rings is 1. The summed E-state index contributed by atoms with van der Waals surface area (Å²) in [6.07, 6.45) is 0. The van der Waals surface area contributed by atoms with Crippen LogP contribution in [-0.2, 0) is 6.54 Å². The lowest BCUT2D eigenvalue weighted by atomic mass is 10.1. The minimum atomic E-state index is -0.138. The molecule has 0 atom stereocenters. The van der Waals surface area contributed by atoms with Crippen molar-refractivity contribution in [3.05, 3.63) is 52.2 Å². The zero-order chi connectivity index (χ0) is 18.3. The Morgan fingerprint density at radius 2 is 2.12 bits per heavy atom. The van der Waals surface area contributed by atoms with Crippen LogP contribution in [0.3, 0.4) is 0 Å². The Bertz CT molecular complexity index is 1100. The number of fused-ring (bicyclic) bond motifs is 2. The van der Waals surface area contributed by atoms with Crippen LogP contribution in [0.15, 0.2) is 41.8 Å². The van der Waals surface area contributed by atoms with E-state index in [-0.39, 0.29) is 5.91 Å². The maximum atomic E-state index is 12.5. The highest BCUT2D eigenvalue weighted by atomic mass is 32.1. The largest absolute Gasteiger partial charge is 0.304 e. The number of hydrogen-bond acceptors (Lipinski definition) is 4. The van der Waals surface area contributed by atoms with Gasteiger partial charge in [0.25, 0.3) is 5.91 Å². The Balaban J connectivity index is 1.86. The van der Waals surface area contributed by atoms with Crippen molar-refractivity contribution in [2.24, 2.45) is 5.92 Å². The molecule has 4 rings (SSSR count). The Kier molecular flexibility index (Phi) is 4.20. The van der Waals surface area contributed by atoms with E-state index in [4.69, 9.17) is 4.98 Å². The van der Waals surface area contributed by atoms with Crippen LogP contribution in [0.5, 0.6) is 0 Å². The van der Waals surface area contributed by atoms with Crippen LogP contribution < -0.4 is 5.32 Å². The minimum absolute atomic E-state index is 0.138. The number of carbonyl (C=O) groups excluding carboxylic acids is 1. The predicted molar refractivity (Wildman–Crippen MR) is 107 cm³/mol. The van der Waals surface area contributed by atoms with Crippen LogP contribution in [0.2, 0.25) is 0 Å². The number of carbonyl (C=O) groups is 1. The van der Waals surface area contributed by atoms with Gasteiger partial charge in [0, 0.05) is 11.9 Å².